The van der Waals surface area contributed by atoms with E-state index in [9.17, 15) is 5.11 Å². The Labute approximate surface area is 140 Å². The summed E-state index contributed by atoms with van der Waals surface area (Å²) >= 11 is 0. The van der Waals surface area contributed by atoms with Crippen molar-refractivity contribution in [2.24, 2.45) is 0 Å². The van der Waals surface area contributed by atoms with Crippen LogP contribution in [0.1, 0.15) is 37.7 Å². The van der Waals surface area contributed by atoms with E-state index in [2.05, 4.69) is 27.0 Å². The first-order valence-electron chi connectivity index (χ1n) is 8.37. The van der Waals surface area contributed by atoms with Crippen LogP contribution in [-0.2, 0) is 0 Å². The lowest BCUT2D eigenvalue weighted by Crippen LogP contribution is -2.29. The third-order valence-corrected chi connectivity index (χ3v) is 4.67. The molecule has 2 heterocycles. The summed E-state index contributed by atoms with van der Waals surface area (Å²) < 4.78 is 0. The van der Waals surface area contributed by atoms with Crippen molar-refractivity contribution in [3.8, 4) is 23.0 Å². The molecule has 0 bridgehead atoms. The highest BCUT2D eigenvalue weighted by molar-refractivity contribution is 5.94. The standard InChI is InChI=1S/C20H19N3O/c24-20(8-2-1-3-9-20)10-6-15-4-5-19-18(12-15)17(7-11-21-19)16-13-22-23-14-16/h4-5,7,11-14,24H,1-3,8-9H2,(H,22,23). The van der Waals surface area contributed by atoms with Gasteiger partial charge in [0.25, 0.3) is 0 Å². The molecule has 0 amide bonds. The SMILES string of the molecule is OC1(C#Cc2ccc3nccc(-c4cn[nH]c4)c3c2)CCCCC1. The fourth-order valence-electron chi connectivity index (χ4n) is 3.32. The van der Waals surface area contributed by atoms with Crippen molar-refractivity contribution in [2.45, 2.75) is 37.7 Å². The number of nitrogens with one attached hydrogen (secondary N) is 1. The van der Waals surface area contributed by atoms with E-state index in [1.807, 2.05) is 30.5 Å². The number of benzene rings is 1. The number of aliphatic hydroxyl groups is 1. The van der Waals surface area contributed by atoms with Crippen LogP contribution < -0.4 is 0 Å². The molecule has 1 aliphatic rings. The number of rotatable bonds is 1. The number of fused-ring (bicyclic) bond motifs is 1. The Hall–Kier alpha value is -2.64. The number of H-pyrrole nitrogens is 1. The lowest BCUT2D eigenvalue weighted by atomic mass is 9.85. The monoisotopic (exact) mass is 317 g/mol. The van der Waals surface area contributed by atoms with Gasteiger partial charge in [-0.25, -0.2) is 0 Å². The van der Waals surface area contributed by atoms with Gasteiger partial charge in [0, 0.05) is 28.9 Å². The van der Waals surface area contributed by atoms with Crippen LogP contribution in [0.2, 0.25) is 0 Å². The normalized spacial score (nSPS) is 16.5. The third kappa shape index (κ3) is 2.91. The maximum absolute atomic E-state index is 10.6. The van der Waals surface area contributed by atoms with Gasteiger partial charge in [0.1, 0.15) is 5.60 Å². The van der Waals surface area contributed by atoms with Gasteiger partial charge in [-0.2, -0.15) is 5.10 Å². The van der Waals surface area contributed by atoms with E-state index in [0.717, 1.165) is 53.3 Å². The summed E-state index contributed by atoms with van der Waals surface area (Å²) in [7, 11) is 0. The van der Waals surface area contributed by atoms with Crippen LogP contribution in [0, 0.1) is 11.8 Å². The van der Waals surface area contributed by atoms with Crippen LogP contribution >= 0.6 is 0 Å². The van der Waals surface area contributed by atoms with Crippen LogP contribution in [0.4, 0.5) is 0 Å². The van der Waals surface area contributed by atoms with Gasteiger partial charge in [-0.3, -0.25) is 10.1 Å². The van der Waals surface area contributed by atoms with Gasteiger partial charge < -0.3 is 5.11 Å². The summed E-state index contributed by atoms with van der Waals surface area (Å²) in [5, 5.41) is 18.5. The highest BCUT2D eigenvalue weighted by Crippen LogP contribution is 2.29. The molecule has 4 nitrogen and oxygen atoms in total. The van der Waals surface area contributed by atoms with Crippen molar-refractivity contribution in [3.05, 3.63) is 48.4 Å². The van der Waals surface area contributed by atoms with E-state index < -0.39 is 5.60 Å². The Morgan fingerprint density at radius 2 is 2.00 bits per heavy atom. The largest absolute Gasteiger partial charge is 0.378 e. The number of pyridine rings is 1. The Morgan fingerprint density at radius 1 is 1.12 bits per heavy atom. The third-order valence-electron chi connectivity index (χ3n) is 4.67. The molecule has 1 saturated carbocycles. The maximum atomic E-state index is 10.6. The molecular weight excluding hydrogens is 298 g/mol. The second-order valence-electron chi connectivity index (χ2n) is 6.42. The molecule has 0 aliphatic heterocycles. The molecule has 2 N–H and O–H groups in total. The molecule has 2 aromatic heterocycles. The zero-order valence-corrected chi connectivity index (χ0v) is 13.4. The minimum absolute atomic E-state index is 0.773. The molecule has 3 aromatic rings. The van der Waals surface area contributed by atoms with E-state index in [4.69, 9.17) is 0 Å². The molecule has 0 spiro atoms. The molecule has 0 atom stereocenters. The summed E-state index contributed by atoms with van der Waals surface area (Å²) in [6, 6.07) is 7.98. The predicted octanol–water partition coefficient (Wildman–Crippen LogP) is 3.67. The van der Waals surface area contributed by atoms with E-state index in [1.165, 1.54) is 6.42 Å². The molecule has 0 radical (unpaired) electrons. The molecule has 24 heavy (non-hydrogen) atoms. The van der Waals surface area contributed by atoms with E-state index in [-0.39, 0.29) is 0 Å². The first-order chi connectivity index (χ1) is 11.7. The molecular formula is C20H19N3O. The van der Waals surface area contributed by atoms with Crippen molar-refractivity contribution in [1.29, 1.82) is 0 Å². The fourth-order valence-corrected chi connectivity index (χ4v) is 3.32. The molecule has 4 rings (SSSR count). The smallest absolute Gasteiger partial charge is 0.125 e. The highest BCUT2D eigenvalue weighted by atomic mass is 16.3. The van der Waals surface area contributed by atoms with E-state index in [0.29, 0.717) is 0 Å². The van der Waals surface area contributed by atoms with Gasteiger partial charge in [-0.05, 0) is 55.5 Å². The van der Waals surface area contributed by atoms with E-state index >= 15 is 0 Å². The van der Waals surface area contributed by atoms with Gasteiger partial charge >= 0.3 is 0 Å². The first-order valence-corrected chi connectivity index (χ1v) is 8.37. The molecule has 120 valence electrons. The molecule has 0 saturated heterocycles. The van der Waals surface area contributed by atoms with Gasteiger partial charge in [-0.15, -0.1) is 0 Å². The zero-order valence-electron chi connectivity index (χ0n) is 13.4. The van der Waals surface area contributed by atoms with Gasteiger partial charge in [0.2, 0.25) is 0 Å². The second kappa shape index (κ2) is 6.10. The van der Waals surface area contributed by atoms with Crippen molar-refractivity contribution in [1.82, 2.24) is 15.2 Å². The highest BCUT2D eigenvalue weighted by Gasteiger charge is 2.26. The lowest BCUT2D eigenvalue weighted by Gasteiger charge is -2.26. The van der Waals surface area contributed by atoms with Crippen molar-refractivity contribution in [2.75, 3.05) is 0 Å². The Balaban J connectivity index is 1.75. The fraction of sp³-hybridized carbons (Fsp3) is 0.300. The van der Waals surface area contributed by atoms with Crippen molar-refractivity contribution >= 4 is 10.9 Å². The summed E-state index contributed by atoms with van der Waals surface area (Å²) in [5.74, 6) is 6.27. The van der Waals surface area contributed by atoms with Crippen LogP contribution in [0.15, 0.2) is 42.9 Å². The summed E-state index contributed by atoms with van der Waals surface area (Å²) in [5.41, 5.74) is 3.11. The zero-order chi connectivity index (χ0) is 16.4. The maximum Gasteiger partial charge on any atom is 0.125 e. The second-order valence-corrected chi connectivity index (χ2v) is 6.42. The molecule has 1 aliphatic carbocycles. The summed E-state index contributed by atoms with van der Waals surface area (Å²) in [6.45, 7) is 0. The molecule has 1 aromatic carbocycles. The minimum atomic E-state index is -0.824. The minimum Gasteiger partial charge on any atom is -0.378 e. The molecule has 4 heteroatoms. The first kappa shape index (κ1) is 14.9. The number of hydrogen-bond acceptors (Lipinski definition) is 3. The lowest BCUT2D eigenvalue weighted by molar-refractivity contribution is 0.0610. The average Bonchev–Trinajstić information content (AvgIpc) is 3.14. The molecule has 0 unspecified atom stereocenters. The Bertz CT molecular complexity index is 913. The van der Waals surface area contributed by atoms with Crippen LogP contribution in [0.5, 0.6) is 0 Å². The van der Waals surface area contributed by atoms with Gasteiger partial charge in [-0.1, -0.05) is 18.3 Å². The number of aromatic nitrogens is 3. The van der Waals surface area contributed by atoms with Crippen molar-refractivity contribution in [3.63, 3.8) is 0 Å². The van der Waals surface area contributed by atoms with Gasteiger partial charge in [0.05, 0.1) is 11.7 Å². The summed E-state index contributed by atoms with van der Waals surface area (Å²) in [6.07, 6.45) is 10.3. The van der Waals surface area contributed by atoms with Gasteiger partial charge in [0.15, 0.2) is 0 Å². The number of aromatic amines is 1. The van der Waals surface area contributed by atoms with Crippen LogP contribution in [-0.4, -0.2) is 25.9 Å². The number of nitrogens with zero attached hydrogens (tertiary/aromatic N) is 2. The van der Waals surface area contributed by atoms with Crippen molar-refractivity contribution < 1.29 is 5.11 Å². The average molecular weight is 317 g/mol. The Kier molecular flexibility index (Phi) is 3.79. The summed E-state index contributed by atoms with van der Waals surface area (Å²) in [4.78, 5) is 4.43. The topological polar surface area (TPSA) is 61.8 Å². The van der Waals surface area contributed by atoms with Crippen LogP contribution in [0.3, 0.4) is 0 Å². The quantitative estimate of drug-likeness (QED) is 0.673. The van der Waals surface area contributed by atoms with E-state index in [1.54, 1.807) is 12.4 Å². The Morgan fingerprint density at radius 3 is 2.79 bits per heavy atom. The van der Waals surface area contributed by atoms with Crippen LogP contribution in [0.25, 0.3) is 22.0 Å². The number of hydrogen-bond donors (Lipinski definition) is 2. The molecule has 1 fully saturated rings. The predicted molar refractivity (Wildman–Crippen MR) is 94.2 cm³/mol.